The summed E-state index contributed by atoms with van der Waals surface area (Å²) >= 11 is 0. The highest BCUT2D eigenvalue weighted by Crippen LogP contribution is 2.28. The van der Waals surface area contributed by atoms with Gasteiger partial charge in [-0.1, -0.05) is 58.4 Å². The fourth-order valence-electron chi connectivity index (χ4n) is 2.72. The average Bonchev–Trinajstić information content (AvgIpc) is 2.50. The van der Waals surface area contributed by atoms with Crippen LogP contribution in [0.4, 0.5) is 0 Å². The van der Waals surface area contributed by atoms with Crippen molar-refractivity contribution in [1.29, 1.82) is 0 Å². The molecule has 3 heteroatoms. The van der Waals surface area contributed by atoms with Crippen molar-refractivity contribution in [3.05, 3.63) is 30.1 Å². The van der Waals surface area contributed by atoms with Crippen LogP contribution >= 0.6 is 0 Å². The SMILES string of the molecule is CCCCCCCCC(CC(C)C(N)=O)c1ccccn1. The third-order valence-electron chi connectivity index (χ3n) is 4.14. The quantitative estimate of drug-likeness (QED) is 0.613. The summed E-state index contributed by atoms with van der Waals surface area (Å²) < 4.78 is 0. The zero-order valence-corrected chi connectivity index (χ0v) is 13.6. The molecule has 0 fully saturated rings. The van der Waals surface area contributed by atoms with Gasteiger partial charge in [0, 0.05) is 23.7 Å². The van der Waals surface area contributed by atoms with Gasteiger partial charge in [0.05, 0.1) is 0 Å². The van der Waals surface area contributed by atoms with Gasteiger partial charge < -0.3 is 5.73 Å². The Bertz CT molecular complexity index is 391. The average molecular weight is 290 g/mol. The molecule has 0 saturated carbocycles. The van der Waals surface area contributed by atoms with Gasteiger partial charge in [0.15, 0.2) is 0 Å². The fraction of sp³-hybridized carbons (Fsp3) is 0.667. The highest BCUT2D eigenvalue weighted by Gasteiger charge is 2.19. The predicted octanol–water partition coefficient (Wildman–Crippen LogP) is 4.43. The van der Waals surface area contributed by atoms with Gasteiger partial charge in [-0.25, -0.2) is 0 Å². The number of unbranched alkanes of at least 4 members (excludes halogenated alkanes) is 5. The molecule has 0 aliphatic carbocycles. The molecule has 3 nitrogen and oxygen atoms in total. The molecule has 1 rings (SSSR count). The molecule has 1 aromatic rings. The van der Waals surface area contributed by atoms with Crippen molar-refractivity contribution < 1.29 is 4.79 Å². The van der Waals surface area contributed by atoms with Crippen LogP contribution in [0.1, 0.15) is 76.8 Å². The summed E-state index contributed by atoms with van der Waals surface area (Å²) in [6.07, 6.45) is 11.5. The Hall–Kier alpha value is -1.38. The minimum Gasteiger partial charge on any atom is -0.369 e. The van der Waals surface area contributed by atoms with E-state index in [1.807, 2.05) is 25.3 Å². The van der Waals surface area contributed by atoms with E-state index in [2.05, 4.69) is 18.0 Å². The minimum atomic E-state index is -0.209. The van der Waals surface area contributed by atoms with Crippen LogP contribution in [0.25, 0.3) is 0 Å². The molecule has 21 heavy (non-hydrogen) atoms. The first-order valence-corrected chi connectivity index (χ1v) is 8.35. The first kappa shape index (κ1) is 17.7. The van der Waals surface area contributed by atoms with E-state index in [9.17, 15) is 4.79 Å². The van der Waals surface area contributed by atoms with Crippen molar-refractivity contribution in [2.45, 2.75) is 71.1 Å². The monoisotopic (exact) mass is 290 g/mol. The molecule has 118 valence electrons. The van der Waals surface area contributed by atoms with Crippen LogP contribution in [0.2, 0.25) is 0 Å². The number of pyridine rings is 1. The lowest BCUT2D eigenvalue weighted by Crippen LogP contribution is -2.22. The van der Waals surface area contributed by atoms with Gasteiger partial charge in [-0.2, -0.15) is 0 Å². The zero-order valence-electron chi connectivity index (χ0n) is 13.6. The molecule has 0 spiro atoms. The summed E-state index contributed by atoms with van der Waals surface area (Å²) in [6.45, 7) is 4.15. The smallest absolute Gasteiger partial charge is 0.220 e. The molecule has 0 aromatic carbocycles. The Labute approximate surface area is 129 Å². The topological polar surface area (TPSA) is 56.0 Å². The van der Waals surface area contributed by atoms with E-state index in [1.165, 1.54) is 38.5 Å². The standard InChI is InChI=1S/C18H30N2O/c1-3-4-5-6-7-8-11-16(14-15(2)18(19)21)17-12-9-10-13-20-17/h9-10,12-13,15-16H,3-8,11,14H2,1-2H3,(H2,19,21). The first-order chi connectivity index (χ1) is 10.1. The Morgan fingerprint density at radius 1 is 1.19 bits per heavy atom. The maximum atomic E-state index is 11.3. The second kappa shape index (κ2) is 10.4. The molecule has 0 aliphatic heterocycles. The van der Waals surface area contributed by atoms with Crippen molar-refractivity contribution in [2.75, 3.05) is 0 Å². The van der Waals surface area contributed by atoms with Crippen LogP contribution in [0.5, 0.6) is 0 Å². The molecule has 0 saturated heterocycles. The number of carbonyl (C=O) groups is 1. The Morgan fingerprint density at radius 2 is 1.90 bits per heavy atom. The van der Waals surface area contributed by atoms with Gasteiger partial charge >= 0.3 is 0 Å². The van der Waals surface area contributed by atoms with Crippen LogP contribution in [0.15, 0.2) is 24.4 Å². The molecule has 1 heterocycles. The summed E-state index contributed by atoms with van der Waals surface area (Å²) in [5.41, 5.74) is 6.51. The van der Waals surface area contributed by atoms with Gasteiger partial charge in [-0.05, 0) is 25.0 Å². The van der Waals surface area contributed by atoms with E-state index in [-0.39, 0.29) is 11.8 Å². The van der Waals surface area contributed by atoms with Crippen molar-refractivity contribution in [2.24, 2.45) is 11.7 Å². The summed E-state index contributed by atoms with van der Waals surface area (Å²) in [7, 11) is 0. The van der Waals surface area contributed by atoms with Crippen molar-refractivity contribution in [3.8, 4) is 0 Å². The predicted molar refractivity (Wildman–Crippen MR) is 87.9 cm³/mol. The summed E-state index contributed by atoms with van der Waals surface area (Å²) in [4.78, 5) is 15.8. The number of aromatic nitrogens is 1. The Kier molecular flexibility index (Phi) is 8.72. The molecule has 2 unspecified atom stereocenters. The molecular formula is C18H30N2O. The third-order valence-corrected chi connectivity index (χ3v) is 4.14. The molecule has 1 aromatic heterocycles. The van der Waals surface area contributed by atoms with Gasteiger partial charge in [0.1, 0.15) is 0 Å². The lowest BCUT2D eigenvalue weighted by molar-refractivity contribution is -0.121. The Morgan fingerprint density at radius 3 is 2.52 bits per heavy atom. The molecular weight excluding hydrogens is 260 g/mol. The highest BCUT2D eigenvalue weighted by molar-refractivity contribution is 5.76. The van der Waals surface area contributed by atoms with Crippen molar-refractivity contribution >= 4 is 5.91 Å². The Balaban J connectivity index is 2.47. The van der Waals surface area contributed by atoms with Crippen molar-refractivity contribution in [1.82, 2.24) is 4.98 Å². The normalized spacial score (nSPS) is 13.8. The molecule has 0 aliphatic rings. The van der Waals surface area contributed by atoms with Gasteiger partial charge in [-0.3, -0.25) is 9.78 Å². The third kappa shape index (κ3) is 7.26. The zero-order chi connectivity index (χ0) is 15.5. The lowest BCUT2D eigenvalue weighted by Gasteiger charge is -2.19. The van der Waals surface area contributed by atoms with Crippen LogP contribution in [0.3, 0.4) is 0 Å². The maximum Gasteiger partial charge on any atom is 0.220 e. The molecule has 2 N–H and O–H groups in total. The molecule has 0 radical (unpaired) electrons. The lowest BCUT2D eigenvalue weighted by atomic mass is 9.88. The van der Waals surface area contributed by atoms with Gasteiger partial charge in [0.2, 0.25) is 5.91 Å². The van der Waals surface area contributed by atoms with Crippen LogP contribution in [-0.4, -0.2) is 10.9 Å². The van der Waals surface area contributed by atoms with Crippen molar-refractivity contribution in [3.63, 3.8) is 0 Å². The number of hydrogen-bond donors (Lipinski definition) is 1. The number of nitrogens with two attached hydrogens (primary N) is 1. The van der Waals surface area contributed by atoms with E-state index in [0.29, 0.717) is 5.92 Å². The number of hydrogen-bond acceptors (Lipinski definition) is 2. The largest absolute Gasteiger partial charge is 0.369 e. The van der Waals surface area contributed by atoms with Crippen LogP contribution in [-0.2, 0) is 4.79 Å². The van der Waals surface area contributed by atoms with Crippen LogP contribution in [0, 0.1) is 5.92 Å². The second-order valence-electron chi connectivity index (χ2n) is 6.05. The van der Waals surface area contributed by atoms with Crippen LogP contribution < -0.4 is 5.73 Å². The number of rotatable bonds is 11. The summed E-state index contributed by atoms with van der Waals surface area (Å²) in [5.74, 6) is 0.0517. The molecule has 2 atom stereocenters. The number of amides is 1. The molecule has 1 amide bonds. The molecule has 0 bridgehead atoms. The van der Waals surface area contributed by atoms with E-state index in [1.54, 1.807) is 0 Å². The van der Waals surface area contributed by atoms with Gasteiger partial charge in [-0.15, -0.1) is 0 Å². The van der Waals surface area contributed by atoms with E-state index >= 15 is 0 Å². The number of carbonyl (C=O) groups excluding carboxylic acids is 1. The second-order valence-corrected chi connectivity index (χ2v) is 6.05. The number of nitrogens with zero attached hydrogens (tertiary/aromatic N) is 1. The minimum absolute atomic E-state index is 0.0860. The van der Waals surface area contributed by atoms with E-state index in [4.69, 9.17) is 5.73 Å². The van der Waals surface area contributed by atoms with E-state index in [0.717, 1.165) is 18.5 Å². The summed E-state index contributed by atoms with van der Waals surface area (Å²) in [5, 5.41) is 0. The van der Waals surface area contributed by atoms with E-state index < -0.39 is 0 Å². The fourth-order valence-corrected chi connectivity index (χ4v) is 2.72. The first-order valence-electron chi connectivity index (χ1n) is 8.35. The number of primary amides is 1. The maximum absolute atomic E-state index is 11.3. The van der Waals surface area contributed by atoms with Gasteiger partial charge in [0.25, 0.3) is 0 Å². The highest BCUT2D eigenvalue weighted by atomic mass is 16.1. The summed E-state index contributed by atoms with van der Waals surface area (Å²) in [6, 6.07) is 6.02.